The van der Waals surface area contributed by atoms with E-state index in [9.17, 15) is 18.0 Å². The van der Waals surface area contributed by atoms with Gasteiger partial charge in [0.25, 0.3) is 0 Å². The summed E-state index contributed by atoms with van der Waals surface area (Å²) in [7, 11) is -3.49. The van der Waals surface area contributed by atoms with Crippen LogP contribution in [-0.2, 0) is 32.6 Å². The Labute approximate surface area is 215 Å². The van der Waals surface area contributed by atoms with Crippen molar-refractivity contribution in [3.05, 3.63) is 65.7 Å². The van der Waals surface area contributed by atoms with E-state index in [1.807, 2.05) is 59.5 Å². The molecule has 196 valence electrons. The highest BCUT2D eigenvalue weighted by molar-refractivity contribution is 7.88. The number of anilines is 1. The number of benzene rings is 2. The van der Waals surface area contributed by atoms with E-state index < -0.39 is 10.0 Å². The van der Waals surface area contributed by atoms with Gasteiger partial charge in [-0.3, -0.25) is 9.59 Å². The number of fused-ring (bicyclic) bond motifs is 1. The quantitative estimate of drug-likeness (QED) is 0.613. The molecule has 8 nitrogen and oxygen atoms in total. The lowest BCUT2D eigenvalue weighted by atomic mass is 10.1. The lowest BCUT2D eigenvalue weighted by Gasteiger charge is -2.29. The molecule has 2 aromatic rings. The SMILES string of the molecule is CC(C)CN1CCCN(C(=O)Cc2ccccc2)c2ccccc2CN(C(=O)CNS(C)(=O)=O)CC1. The first-order chi connectivity index (χ1) is 17.1. The third-order valence-electron chi connectivity index (χ3n) is 6.15. The van der Waals surface area contributed by atoms with Crippen LogP contribution in [0.1, 0.15) is 31.4 Å². The number of nitrogens with one attached hydrogen (secondary N) is 1. The van der Waals surface area contributed by atoms with E-state index >= 15 is 0 Å². The van der Waals surface area contributed by atoms with E-state index in [1.165, 1.54) is 0 Å². The highest BCUT2D eigenvalue weighted by Gasteiger charge is 2.24. The zero-order valence-corrected chi connectivity index (χ0v) is 22.3. The Bertz CT molecular complexity index is 1120. The van der Waals surface area contributed by atoms with Crippen LogP contribution in [0.5, 0.6) is 0 Å². The number of nitrogens with zero attached hydrogens (tertiary/aromatic N) is 3. The monoisotopic (exact) mass is 514 g/mol. The second kappa shape index (κ2) is 13.0. The molecule has 0 saturated carbocycles. The fourth-order valence-corrected chi connectivity index (χ4v) is 4.87. The molecule has 1 aliphatic rings. The normalized spacial score (nSPS) is 15.9. The van der Waals surface area contributed by atoms with E-state index in [0.29, 0.717) is 38.5 Å². The summed E-state index contributed by atoms with van der Waals surface area (Å²) in [5.41, 5.74) is 2.62. The molecular weight excluding hydrogens is 476 g/mol. The van der Waals surface area contributed by atoms with Crippen LogP contribution in [0.2, 0.25) is 0 Å². The van der Waals surface area contributed by atoms with Gasteiger partial charge in [-0.05, 0) is 36.1 Å². The molecule has 0 spiro atoms. The van der Waals surface area contributed by atoms with Crippen LogP contribution in [0.3, 0.4) is 0 Å². The predicted molar refractivity (Wildman–Crippen MR) is 143 cm³/mol. The second-order valence-electron chi connectivity index (χ2n) is 9.79. The van der Waals surface area contributed by atoms with Crippen LogP contribution >= 0.6 is 0 Å². The Hall–Kier alpha value is -2.75. The standard InChI is InChI=1S/C27H38N4O4S/c1-22(2)20-29-14-9-15-31(26(32)18-23-10-5-4-6-11-23)25-13-8-7-12-24(25)21-30(17-16-29)27(33)19-28-36(3,34)35/h4-8,10-13,22,28H,9,14-21H2,1-3H3. The smallest absolute Gasteiger partial charge is 0.237 e. The topological polar surface area (TPSA) is 90.0 Å². The van der Waals surface area contributed by atoms with Gasteiger partial charge in [0.1, 0.15) is 0 Å². The molecule has 1 heterocycles. The third kappa shape index (κ3) is 8.72. The predicted octanol–water partition coefficient (Wildman–Crippen LogP) is 2.50. The van der Waals surface area contributed by atoms with Crippen LogP contribution < -0.4 is 9.62 Å². The Morgan fingerprint density at radius 2 is 1.61 bits per heavy atom. The molecule has 1 N–H and O–H groups in total. The lowest BCUT2D eigenvalue weighted by molar-refractivity contribution is -0.130. The Kier molecular flexibility index (Phi) is 10.0. The molecule has 0 unspecified atom stereocenters. The minimum atomic E-state index is -3.49. The van der Waals surface area contributed by atoms with E-state index in [2.05, 4.69) is 23.5 Å². The fraction of sp³-hybridized carbons (Fsp3) is 0.481. The largest absolute Gasteiger partial charge is 0.336 e. The number of rotatable bonds is 7. The number of amides is 2. The number of hydrogen-bond donors (Lipinski definition) is 1. The molecule has 0 fully saturated rings. The molecule has 2 amide bonds. The van der Waals surface area contributed by atoms with Gasteiger partial charge in [-0.1, -0.05) is 62.4 Å². The molecule has 9 heteroatoms. The number of carbonyl (C=O) groups excluding carboxylic acids is 2. The van der Waals surface area contributed by atoms with Gasteiger partial charge in [0.2, 0.25) is 21.8 Å². The Morgan fingerprint density at radius 3 is 2.31 bits per heavy atom. The van der Waals surface area contributed by atoms with Gasteiger partial charge in [0.15, 0.2) is 0 Å². The zero-order chi connectivity index (χ0) is 26.1. The van der Waals surface area contributed by atoms with Gasteiger partial charge < -0.3 is 14.7 Å². The van der Waals surface area contributed by atoms with Crippen LogP contribution in [0.15, 0.2) is 54.6 Å². The van der Waals surface area contributed by atoms with Crippen molar-refractivity contribution in [3.63, 3.8) is 0 Å². The average molecular weight is 515 g/mol. The minimum absolute atomic E-state index is 0.0138. The molecule has 0 radical (unpaired) electrons. The van der Waals surface area contributed by atoms with Crippen molar-refractivity contribution in [2.24, 2.45) is 5.92 Å². The van der Waals surface area contributed by atoms with Gasteiger partial charge in [-0.2, -0.15) is 0 Å². The number of carbonyl (C=O) groups is 2. The van der Waals surface area contributed by atoms with Gasteiger partial charge in [-0.25, -0.2) is 13.1 Å². The van der Waals surface area contributed by atoms with Crippen molar-refractivity contribution in [2.45, 2.75) is 33.2 Å². The van der Waals surface area contributed by atoms with Gasteiger partial charge in [-0.15, -0.1) is 0 Å². The maximum absolute atomic E-state index is 13.5. The van der Waals surface area contributed by atoms with Crippen molar-refractivity contribution in [2.75, 3.05) is 50.4 Å². The van der Waals surface area contributed by atoms with E-state index in [0.717, 1.165) is 42.6 Å². The van der Waals surface area contributed by atoms with E-state index in [4.69, 9.17) is 0 Å². The van der Waals surface area contributed by atoms with Gasteiger partial charge in [0.05, 0.1) is 19.2 Å². The maximum atomic E-state index is 13.5. The molecule has 0 aliphatic carbocycles. The highest BCUT2D eigenvalue weighted by atomic mass is 32.2. The summed E-state index contributed by atoms with van der Waals surface area (Å²) in [6, 6.07) is 17.4. The van der Waals surface area contributed by atoms with Crippen molar-refractivity contribution < 1.29 is 18.0 Å². The molecule has 36 heavy (non-hydrogen) atoms. The second-order valence-corrected chi connectivity index (χ2v) is 11.6. The molecule has 0 aromatic heterocycles. The Morgan fingerprint density at radius 1 is 0.917 bits per heavy atom. The molecule has 2 aromatic carbocycles. The first-order valence-electron chi connectivity index (χ1n) is 12.5. The number of hydrogen-bond acceptors (Lipinski definition) is 5. The summed E-state index contributed by atoms with van der Waals surface area (Å²) in [6.07, 6.45) is 2.15. The summed E-state index contributed by atoms with van der Waals surface area (Å²) in [6.45, 7) is 7.76. The summed E-state index contributed by atoms with van der Waals surface area (Å²) in [4.78, 5) is 32.5. The zero-order valence-electron chi connectivity index (χ0n) is 21.5. The van der Waals surface area contributed by atoms with Crippen molar-refractivity contribution >= 4 is 27.5 Å². The molecule has 0 atom stereocenters. The summed E-state index contributed by atoms with van der Waals surface area (Å²) < 4.78 is 25.5. The lowest BCUT2D eigenvalue weighted by Crippen LogP contribution is -2.43. The third-order valence-corrected chi connectivity index (χ3v) is 6.82. The maximum Gasteiger partial charge on any atom is 0.237 e. The van der Waals surface area contributed by atoms with Crippen molar-refractivity contribution in [3.8, 4) is 0 Å². The highest BCUT2D eigenvalue weighted by Crippen LogP contribution is 2.24. The van der Waals surface area contributed by atoms with Crippen molar-refractivity contribution in [1.29, 1.82) is 0 Å². The fourth-order valence-electron chi connectivity index (χ4n) is 4.48. The summed E-state index contributed by atoms with van der Waals surface area (Å²) in [5, 5.41) is 0. The van der Waals surface area contributed by atoms with Crippen LogP contribution in [0, 0.1) is 5.92 Å². The molecule has 1 aliphatic heterocycles. The summed E-state index contributed by atoms with van der Waals surface area (Å²) in [5.74, 6) is 0.181. The van der Waals surface area contributed by atoms with Crippen LogP contribution in [0.25, 0.3) is 0 Å². The molecule has 0 bridgehead atoms. The number of sulfonamides is 1. The van der Waals surface area contributed by atoms with Gasteiger partial charge >= 0.3 is 0 Å². The summed E-state index contributed by atoms with van der Waals surface area (Å²) >= 11 is 0. The van der Waals surface area contributed by atoms with Crippen LogP contribution in [0.4, 0.5) is 5.69 Å². The van der Waals surface area contributed by atoms with E-state index in [-0.39, 0.29) is 18.4 Å². The van der Waals surface area contributed by atoms with E-state index in [1.54, 1.807) is 4.90 Å². The minimum Gasteiger partial charge on any atom is -0.336 e. The number of para-hydroxylation sites is 1. The van der Waals surface area contributed by atoms with Crippen LogP contribution in [-0.4, -0.2) is 75.6 Å². The Balaban J connectivity index is 1.92. The first-order valence-corrected chi connectivity index (χ1v) is 14.4. The van der Waals surface area contributed by atoms with Crippen molar-refractivity contribution in [1.82, 2.24) is 14.5 Å². The molecule has 0 saturated heterocycles. The molecule has 3 rings (SSSR count). The van der Waals surface area contributed by atoms with Gasteiger partial charge in [0, 0.05) is 38.4 Å². The first kappa shape index (κ1) is 27.8. The molecular formula is C27H38N4O4S. The average Bonchev–Trinajstić information content (AvgIpc) is 2.85.